The Kier molecular flexibility index (Phi) is 4.24. The molecule has 3 rings (SSSR count). The molecule has 2 saturated carbocycles. The maximum Gasteiger partial charge on any atom is 0.307 e. The third kappa shape index (κ3) is 2.54. The topological polar surface area (TPSA) is 84.2 Å². The number of allylic oxidation sites excluding steroid dienone is 2. The standard InChI is InChI=1S/C18H25N3O3/c1-9(2)14-12-5-6-13(14)16(18(23)24)15(12)17(22)19-7-11-8-20-21(4)10(11)3/h8,12-13,15-16H,5-7H2,1-4H3,(H,19,22)(H,23,24)/t12-,13-,15+,16-/m1/s1. The van der Waals surface area contributed by atoms with Crippen molar-refractivity contribution < 1.29 is 14.7 Å². The van der Waals surface area contributed by atoms with Gasteiger partial charge in [0.05, 0.1) is 18.0 Å². The molecule has 1 aromatic heterocycles. The fourth-order valence-corrected chi connectivity index (χ4v) is 4.62. The van der Waals surface area contributed by atoms with Gasteiger partial charge in [0.25, 0.3) is 0 Å². The summed E-state index contributed by atoms with van der Waals surface area (Å²) in [6.45, 7) is 6.40. The van der Waals surface area contributed by atoms with E-state index in [0.717, 1.165) is 24.1 Å². The molecule has 2 aliphatic carbocycles. The lowest BCUT2D eigenvalue weighted by Gasteiger charge is -2.26. The number of nitrogens with zero attached hydrogens (tertiary/aromatic N) is 2. The second kappa shape index (κ2) is 6.07. The average molecular weight is 331 g/mol. The summed E-state index contributed by atoms with van der Waals surface area (Å²) in [6.07, 6.45) is 3.54. The summed E-state index contributed by atoms with van der Waals surface area (Å²) in [4.78, 5) is 24.6. The molecule has 0 unspecified atom stereocenters. The number of carboxylic acids is 1. The molecule has 1 amide bonds. The van der Waals surface area contributed by atoms with Crippen LogP contribution in [0.5, 0.6) is 0 Å². The molecule has 0 saturated heterocycles. The van der Waals surface area contributed by atoms with Crippen molar-refractivity contribution in [2.75, 3.05) is 0 Å². The largest absolute Gasteiger partial charge is 0.481 e. The first kappa shape index (κ1) is 16.7. The fourth-order valence-electron chi connectivity index (χ4n) is 4.62. The number of aromatic nitrogens is 2. The van der Waals surface area contributed by atoms with Crippen molar-refractivity contribution in [1.82, 2.24) is 15.1 Å². The number of carbonyl (C=O) groups is 2. The SMILES string of the molecule is CC(C)=C1[C@H]2CC[C@H]1[C@@H](C(=O)O)[C@H]2C(=O)NCc1cnn(C)c1C. The number of fused-ring (bicyclic) bond motifs is 2. The van der Waals surface area contributed by atoms with Gasteiger partial charge in [0.15, 0.2) is 0 Å². The Labute approximate surface area is 141 Å². The normalized spacial score (nSPS) is 28.2. The average Bonchev–Trinajstić information content (AvgIpc) is 3.18. The highest BCUT2D eigenvalue weighted by molar-refractivity contribution is 5.87. The van der Waals surface area contributed by atoms with Crippen LogP contribution in [0.15, 0.2) is 17.3 Å². The van der Waals surface area contributed by atoms with Gasteiger partial charge >= 0.3 is 5.97 Å². The third-order valence-electron chi connectivity index (χ3n) is 5.80. The lowest BCUT2D eigenvalue weighted by atomic mass is 9.78. The predicted octanol–water partition coefficient (Wildman–Crippen LogP) is 2.04. The van der Waals surface area contributed by atoms with Crippen molar-refractivity contribution in [3.8, 4) is 0 Å². The van der Waals surface area contributed by atoms with Gasteiger partial charge in [-0.25, -0.2) is 0 Å². The first-order valence-electron chi connectivity index (χ1n) is 8.48. The number of nitrogens with one attached hydrogen (secondary N) is 1. The van der Waals surface area contributed by atoms with E-state index in [2.05, 4.69) is 10.4 Å². The van der Waals surface area contributed by atoms with Crippen LogP contribution in [-0.2, 0) is 23.2 Å². The minimum Gasteiger partial charge on any atom is -0.481 e. The zero-order valence-electron chi connectivity index (χ0n) is 14.7. The van der Waals surface area contributed by atoms with Crippen molar-refractivity contribution in [1.29, 1.82) is 0 Å². The van der Waals surface area contributed by atoms with Gasteiger partial charge in [-0.15, -0.1) is 0 Å². The summed E-state index contributed by atoms with van der Waals surface area (Å²) in [5, 5.41) is 16.8. The van der Waals surface area contributed by atoms with Crippen LogP contribution in [0.3, 0.4) is 0 Å². The van der Waals surface area contributed by atoms with Crippen molar-refractivity contribution >= 4 is 11.9 Å². The summed E-state index contributed by atoms with van der Waals surface area (Å²) >= 11 is 0. The van der Waals surface area contributed by atoms with Gasteiger partial charge in [-0.3, -0.25) is 14.3 Å². The molecule has 4 atom stereocenters. The minimum atomic E-state index is -0.848. The summed E-state index contributed by atoms with van der Waals surface area (Å²) in [6, 6.07) is 0. The van der Waals surface area contributed by atoms with Gasteiger partial charge in [0.1, 0.15) is 0 Å². The lowest BCUT2D eigenvalue weighted by Crippen LogP contribution is -2.41. The van der Waals surface area contributed by atoms with E-state index in [1.54, 1.807) is 10.9 Å². The lowest BCUT2D eigenvalue weighted by molar-refractivity contribution is -0.149. The van der Waals surface area contributed by atoms with Crippen LogP contribution in [0.1, 0.15) is 37.9 Å². The maximum absolute atomic E-state index is 12.8. The second-order valence-electron chi connectivity index (χ2n) is 7.23. The number of hydrogen-bond donors (Lipinski definition) is 2. The molecule has 0 aliphatic heterocycles. The Balaban J connectivity index is 1.79. The molecular formula is C18H25N3O3. The number of rotatable bonds is 4. The number of aryl methyl sites for hydroxylation is 1. The van der Waals surface area contributed by atoms with Crippen LogP contribution < -0.4 is 5.32 Å². The molecule has 2 fully saturated rings. The monoisotopic (exact) mass is 331 g/mol. The van der Waals surface area contributed by atoms with Crippen molar-refractivity contribution in [3.63, 3.8) is 0 Å². The van der Waals surface area contributed by atoms with Gasteiger partial charge in [-0.1, -0.05) is 11.1 Å². The first-order valence-corrected chi connectivity index (χ1v) is 8.48. The molecule has 2 N–H and O–H groups in total. The summed E-state index contributed by atoms with van der Waals surface area (Å²) < 4.78 is 1.76. The Morgan fingerprint density at radius 2 is 1.92 bits per heavy atom. The second-order valence-corrected chi connectivity index (χ2v) is 7.23. The van der Waals surface area contributed by atoms with Crippen LogP contribution in [-0.4, -0.2) is 26.8 Å². The van der Waals surface area contributed by atoms with E-state index in [-0.39, 0.29) is 17.7 Å². The summed E-state index contributed by atoms with van der Waals surface area (Å²) in [5.74, 6) is -1.94. The highest BCUT2D eigenvalue weighted by atomic mass is 16.4. The number of carbonyl (C=O) groups excluding carboxylic acids is 1. The Bertz CT molecular complexity index is 715. The molecule has 0 radical (unpaired) electrons. The van der Waals surface area contributed by atoms with Crippen molar-refractivity contribution in [3.05, 3.63) is 28.6 Å². The van der Waals surface area contributed by atoms with Crippen molar-refractivity contribution in [2.45, 2.75) is 40.2 Å². The molecule has 0 aromatic carbocycles. The molecule has 2 bridgehead atoms. The van der Waals surface area contributed by atoms with E-state index in [9.17, 15) is 14.7 Å². The maximum atomic E-state index is 12.8. The first-order chi connectivity index (χ1) is 11.3. The fraction of sp³-hybridized carbons (Fsp3) is 0.611. The number of hydrogen-bond acceptors (Lipinski definition) is 3. The summed E-state index contributed by atoms with van der Waals surface area (Å²) in [5.41, 5.74) is 4.35. The molecular weight excluding hydrogens is 306 g/mol. The van der Waals surface area contributed by atoms with E-state index in [1.165, 1.54) is 11.1 Å². The van der Waals surface area contributed by atoms with Crippen LogP contribution in [0, 0.1) is 30.6 Å². The quantitative estimate of drug-likeness (QED) is 0.827. The Morgan fingerprint density at radius 1 is 1.29 bits per heavy atom. The molecule has 2 aliphatic rings. The third-order valence-corrected chi connectivity index (χ3v) is 5.80. The predicted molar refractivity (Wildman–Crippen MR) is 89.0 cm³/mol. The molecule has 1 heterocycles. The van der Waals surface area contributed by atoms with Gasteiger partial charge in [-0.05, 0) is 45.4 Å². The Morgan fingerprint density at radius 3 is 2.42 bits per heavy atom. The number of aliphatic carboxylic acids is 1. The van der Waals surface area contributed by atoms with E-state index in [0.29, 0.717) is 6.54 Å². The van der Waals surface area contributed by atoms with Gasteiger partial charge in [0.2, 0.25) is 5.91 Å². The number of carboxylic acid groups (broad SMARTS) is 1. The molecule has 1 aromatic rings. The van der Waals surface area contributed by atoms with Gasteiger partial charge in [0, 0.05) is 24.8 Å². The number of amides is 1. The zero-order valence-corrected chi connectivity index (χ0v) is 14.7. The van der Waals surface area contributed by atoms with E-state index >= 15 is 0 Å². The van der Waals surface area contributed by atoms with E-state index < -0.39 is 17.8 Å². The highest BCUT2D eigenvalue weighted by Crippen LogP contribution is 2.57. The Hall–Kier alpha value is -2.11. The van der Waals surface area contributed by atoms with Crippen LogP contribution >= 0.6 is 0 Å². The van der Waals surface area contributed by atoms with E-state index in [4.69, 9.17) is 0 Å². The molecule has 130 valence electrons. The van der Waals surface area contributed by atoms with Crippen LogP contribution in [0.2, 0.25) is 0 Å². The molecule has 6 heteroatoms. The molecule has 0 spiro atoms. The molecule has 6 nitrogen and oxygen atoms in total. The highest BCUT2D eigenvalue weighted by Gasteiger charge is 2.57. The van der Waals surface area contributed by atoms with Crippen molar-refractivity contribution in [2.24, 2.45) is 30.7 Å². The van der Waals surface area contributed by atoms with E-state index in [1.807, 2.05) is 27.8 Å². The van der Waals surface area contributed by atoms with Gasteiger partial charge in [-0.2, -0.15) is 5.10 Å². The van der Waals surface area contributed by atoms with Gasteiger partial charge < -0.3 is 10.4 Å². The molecule has 24 heavy (non-hydrogen) atoms. The minimum absolute atomic E-state index is 0.0216. The smallest absolute Gasteiger partial charge is 0.307 e. The van der Waals surface area contributed by atoms with Crippen LogP contribution in [0.25, 0.3) is 0 Å². The van der Waals surface area contributed by atoms with Crippen LogP contribution in [0.4, 0.5) is 0 Å². The summed E-state index contributed by atoms with van der Waals surface area (Å²) in [7, 11) is 1.86. The zero-order chi connectivity index (χ0) is 17.6.